The molecule has 3 amide bonds. The Morgan fingerprint density at radius 3 is 2.38 bits per heavy atom. The molecule has 1 fully saturated rings. The van der Waals surface area contributed by atoms with Gasteiger partial charge in [-0.3, -0.25) is 15.0 Å². The second-order valence-corrected chi connectivity index (χ2v) is 6.93. The van der Waals surface area contributed by atoms with E-state index in [1.165, 1.54) is 0 Å². The molecule has 0 spiro atoms. The molecule has 1 aliphatic rings. The minimum Gasteiger partial charge on any atom is -0.354 e. The van der Waals surface area contributed by atoms with Crippen molar-refractivity contribution >= 4 is 17.8 Å². The monoisotopic (exact) mass is 362 g/mol. The average Bonchev–Trinajstić information content (AvgIpc) is 2.60. The summed E-state index contributed by atoms with van der Waals surface area (Å²) in [6, 6.07) is 1.21. The molecular formula is C18H30N6O2. The minimum atomic E-state index is -0.444. The van der Waals surface area contributed by atoms with Crippen LogP contribution in [0, 0.1) is 6.92 Å². The van der Waals surface area contributed by atoms with Crippen LogP contribution in [0.15, 0.2) is 6.07 Å². The van der Waals surface area contributed by atoms with Crippen molar-refractivity contribution in [1.29, 1.82) is 0 Å². The third-order valence-electron chi connectivity index (χ3n) is 4.51. The number of nitrogens with zero attached hydrogens (tertiary/aromatic N) is 4. The van der Waals surface area contributed by atoms with Crippen molar-refractivity contribution in [2.24, 2.45) is 0 Å². The highest BCUT2D eigenvalue weighted by Crippen LogP contribution is 2.19. The Bertz CT molecular complexity index is 641. The molecule has 144 valence electrons. The summed E-state index contributed by atoms with van der Waals surface area (Å²) in [6.45, 7) is 13.3. The number of hydrogen-bond acceptors (Lipinski definition) is 6. The number of piperazine rings is 1. The first-order valence-electron chi connectivity index (χ1n) is 9.25. The molecule has 1 atom stereocenters. The first-order chi connectivity index (χ1) is 12.3. The fraction of sp³-hybridized carbons (Fsp3) is 0.667. The summed E-state index contributed by atoms with van der Waals surface area (Å²) in [5, 5.41) is 4.95. The van der Waals surface area contributed by atoms with Crippen molar-refractivity contribution in [3.05, 3.63) is 17.6 Å². The SMILES string of the molecule is CCNC(=O)NC(=O)C(C)N1CCN(c2cc(C)nc(C(C)C)n2)CC1. The summed E-state index contributed by atoms with van der Waals surface area (Å²) in [6.07, 6.45) is 0. The van der Waals surface area contributed by atoms with Crippen LogP contribution in [-0.2, 0) is 4.79 Å². The molecule has 0 saturated carbocycles. The summed E-state index contributed by atoms with van der Waals surface area (Å²) in [7, 11) is 0. The number of carbonyl (C=O) groups excluding carboxylic acids is 2. The molecule has 0 bridgehead atoms. The Morgan fingerprint density at radius 2 is 1.81 bits per heavy atom. The molecule has 0 radical (unpaired) electrons. The normalized spacial score (nSPS) is 16.5. The van der Waals surface area contributed by atoms with Gasteiger partial charge in [-0.2, -0.15) is 0 Å². The van der Waals surface area contributed by atoms with E-state index in [9.17, 15) is 9.59 Å². The Balaban J connectivity index is 1.94. The standard InChI is InChI=1S/C18H30N6O2/c1-6-19-18(26)22-17(25)14(5)23-7-9-24(10-8-23)15-11-13(4)20-16(21-15)12(2)3/h11-12,14H,6-10H2,1-5H3,(H2,19,22,25,26). The van der Waals surface area contributed by atoms with Gasteiger partial charge in [-0.25, -0.2) is 14.8 Å². The Hall–Kier alpha value is -2.22. The number of urea groups is 1. The third kappa shape index (κ3) is 5.14. The van der Waals surface area contributed by atoms with E-state index in [1.54, 1.807) is 0 Å². The number of aromatic nitrogens is 2. The molecule has 2 heterocycles. The molecule has 1 unspecified atom stereocenters. The van der Waals surface area contributed by atoms with E-state index in [2.05, 4.69) is 44.2 Å². The van der Waals surface area contributed by atoms with Gasteiger partial charge < -0.3 is 10.2 Å². The predicted molar refractivity (Wildman–Crippen MR) is 101 cm³/mol. The van der Waals surface area contributed by atoms with E-state index in [0.717, 1.165) is 43.5 Å². The molecule has 1 aliphatic heterocycles. The van der Waals surface area contributed by atoms with Gasteiger partial charge in [-0.05, 0) is 20.8 Å². The third-order valence-corrected chi connectivity index (χ3v) is 4.51. The Labute approximate surface area is 155 Å². The van der Waals surface area contributed by atoms with Crippen molar-refractivity contribution in [1.82, 2.24) is 25.5 Å². The van der Waals surface area contributed by atoms with Gasteiger partial charge in [-0.1, -0.05) is 13.8 Å². The van der Waals surface area contributed by atoms with Crippen LogP contribution in [0.25, 0.3) is 0 Å². The van der Waals surface area contributed by atoms with Crippen molar-refractivity contribution in [2.75, 3.05) is 37.6 Å². The number of carbonyl (C=O) groups is 2. The smallest absolute Gasteiger partial charge is 0.321 e. The Kier molecular flexibility index (Phi) is 6.90. The van der Waals surface area contributed by atoms with E-state index >= 15 is 0 Å². The Morgan fingerprint density at radius 1 is 1.15 bits per heavy atom. The number of aryl methyl sites for hydroxylation is 1. The second kappa shape index (κ2) is 8.93. The zero-order chi connectivity index (χ0) is 19.3. The van der Waals surface area contributed by atoms with E-state index in [-0.39, 0.29) is 17.9 Å². The van der Waals surface area contributed by atoms with E-state index in [0.29, 0.717) is 6.54 Å². The van der Waals surface area contributed by atoms with E-state index in [4.69, 9.17) is 0 Å². The summed E-state index contributed by atoms with van der Waals surface area (Å²) in [4.78, 5) is 37.2. The first kappa shape index (κ1) is 20.1. The maximum Gasteiger partial charge on any atom is 0.321 e. The van der Waals surface area contributed by atoms with Gasteiger partial charge in [0.15, 0.2) is 0 Å². The highest BCUT2D eigenvalue weighted by Gasteiger charge is 2.27. The van der Waals surface area contributed by atoms with Gasteiger partial charge in [-0.15, -0.1) is 0 Å². The first-order valence-corrected chi connectivity index (χ1v) is 9.25. The highest BCUT2D eigenvalue weighted by atomic mass is 16.2. The van der Waals surface area contributed by atoms with Crippen LogP contribution in [0.4, 0.5) is 10.6 Å². The zero-order valence-corrected chi connectivity index (χ0v) is 16.4. The summed E-state index contributed by atoms with van der Waals surface area (Å²) >= 11 is 0. The fourth-order valence-corrected chi connectivity index (χ4v) is 2.92. The number of imide groups is 1. The lowest BCUT2D eigenvalue weighted by atomic mass is 10.2. The van der Waals surface area contributed by atoms with Crippen LogP contribution < -0.4 is 15.5 Å². The van der Waals surface area contributed by atoms with Crippen LogP contribution in [0.3, 0.4) is 0 Å². The largest absolute Gasteiger partial charge is 0.354 e. The van der Waals surface area contributed by atoms with Crippen LogP contribution in [-0.4, -0.2) is 65.6 Å². The number of anilines is 1. The van der Waals surface area contributed by atoms with Gasteiger partial charge >= 0.3 is 6.03 Å². The minimum absolute atomic E-state index is 0.274. The summed E-state index contributed by atoms with van der Waals surface area (Å²) < 4.78 is 0. The lowest BCUT2D eigenvalue weighted by Gasteiger charge is -2.38. The molecule has 0 aliphatic carbocycles. The molecular weight excluding hydrogens is 332 g/mol. The molecule has 8 heteroatoms. The molecule has 2 rings (SSSR count). The van der Waals surface area contributed by atoms with Crippen LogP contribution in [0.2, 0.25) is 0 Å². The summed E-state index contributed by atoms with van der Waals surface area (Å²) in [5.74, 6) is 1.81. The topological polar surface area (TPSA) is 90.5 Å². The van der Waals surface area contributed by atoms with Crippen molar-refractivity contribution in [3.8, 4) is 0 Å². The van der Waals surface area contributed by atoms with Gasteiger partial charge in [0.05, 0.1) is 6.04 Å². The molecule has 1 saturated heterocycles. The predicted octanol–water partition coefficient (Wildman–Crippen LogP) is 1.26. The lowest BCUT2D eigenvalue weighted by Crippen LogP contribution is -2.55. The van der Waals surface area contributed by atoms with Gasteiger partial charge in [0.25, 0.3) is 0 Å². The number of amides is 3. The fourth-order valence-electron chi connectivity index (χ4n) is 2.92. The summed E-state index contributed by atoms with van der Waals surface area (Å²) in [5.41, 5.74) is 0.968. The van der Waals surface area contributed by atoms with Crippen LogP contribution in [0.1, 0.15) is 45.1 Å². The number of nitrogens with one attached hydrogen (secondary N) is 2. The molecule has 0 aromatic carbocycles. The van der Waals surface area contributed by atoms with Crippen molar-refractivity contribution < 1.29 is 9.59 Å². The molecule has 8 nitrogen and oxygen atoms in total. The number of hydrogen-bond donors (Lipinski definition) is 2. The second-order valence-electron chi connectivity index (χ2n) is 6.93. The lowest BCUT2D eigenvalue weighted by molar-refractivity contribution is -0.124. The maximum absolute atomic E-state index is 12.2. The van der Waals surface area contributed by atoms with Crippen molar-refractivity contribution in [3.63, 3.8) is 0 Å². The van der Waals surface area contributed by atoms with Crippen LogP contribution >= 0.6 is 0 Å². The zero-order valence-electron chi connectivity index (χ0n) is 16.4. The van der Waals surface area contributed by atoms with E-state index in [1.807, 2.05) is 26.8 Å². The molecule has 2 N–H and O–H groups in total. The highest BCUT2D eigenvalue weighted by molar-refractivity contribution is 5.96. The maximum atomic E-state index is 12.2. The molecule has 1 aromatic heterocycles. The van der Waals surface area contributed by atoms with Crippen LogP contribution in [0.5, 0.6) is 0 Å². The van der Waals surface area contributed by atoms with Gasteiger partial charge in [0.1, 0.15) is 11.6 Å². The molecule has 26 heavy (non-hydrogen) atoms. The van der Waals surface area contributed by atoms with Gasteiger partial charge in [0.2, 0.25) is 5.91 Å². The molecule has 1 aromatic rings. The van der Waals surface area contributed by atoms with Crippen molar-refractivity contribution in [2.45, 2.75) is 46.6 Å². The van der Waals surface area contributed by atoms with E-state index < -0.39 is 6.03 Å². The number of rotatable bonds is 5. The quantitative estimate of drug-likeness (QED) is 0.820. The van der Waals surface area contributed by atoms with Gasteiger partial charge in [0, 0.05) is 50.4 Å². The average molecular weight is 362 g/mol.